The summed E-state index contributed by atoms with van der Waals surface area (Å²) in [5.74, 6) is -1.75. The quantitative estimate of drug-likeness (QED) is 0.220. The third-order valence-corrected chi connectivity index (χ3v) is 7.58. The van der Waals surface area contributed by atoms with Gasteiger partial charge in [-0.2, -0.15) is 0 Å². The lowest BCUT2D eigenvalue weighted by Gasteiger charge is -2.19. The molecule has 0 aliphatic heterocycles. The van der Waals surface area contributed by atoms with E-state index in [1.165, 1.54) is 12.1 Å². The van der Waals surface area contributed by atoms with Crippen LogP contribution < -0.4 is 0 Å². The van der Waals surface area contributed by atoms with E-state index in [4.69, 9.17) is 16.3 Å². The molecule has 3 heterocycles. The first kappa shape index (κ1) is 23.2. The number of halogens is 2. The number of nitrogens with zero attached hydrogens (tertiary/aromatic N) is 2. The fourth-order valence-corrected chi connectivity index (χ4v) is 4.74. The first-order chi connectivity index (χ1) is 15.7. The Kier molecular flexibility index (Phi) is 6.42. The smallest absolute Gasteiger partial charge is 0.337 e. The summed E-state index contributed by atoms with van der Waals surface area (Å²) in [5, 5.41) is 10.7. The van der Waals surface area contributed by atoms with E-state index in [2.05, 4.69) is 29.6 Å². The monoisotopic (exact) mass is 485 g/mol. The van der Waals surface area contributed by atoms with Crippen molar-refractivity contribution in [1.82, 2.24) is 14.5 Å². The predicted molar refractivity (Wildman–Crippen MR) is 131 cm³/mol. The van der Waals surface area contributed by atoms with Crippen LogP contribution in [0.5, 0.6) is 0 Å². The van der Waals surface area contributed by atoms with Crippen molar-refractivity contribution in [3.63, 3.8) is 0 Å². The minimum atomic E-state index is -1.32. The van der Waals surface area contributed by atoms with Crippen molar-refractivity contribution in [1.29, 1.82) is 0 Å². The van der Waals surface area contributed by atoms with E-state index in [0.29, 0.717) is 29.2 Å². The molecule has 0 fully saturated rings. The normalized spacial score (nSPS) is 11.9. The van der Waals surface area contributed by atoms with Gasteiger partial charge in [-0.3, -0.25) is 0 Å². The molecule has 1 aromatic carbocycles. The second-order valence-corrected chi connectivity index (χ2v) is 15.1. The van der Waals surface area contributed by atoms with Crippen LogP contribution in [0.25, 0.3) is 33.5 Å². The lowest BCUT2D eigenvalue weighted by atomic mass is 10.1. The third-order valence-electron chi connectivity index (χ3n) is 5.49. The number of benzene rings is 1. The van der Waals surface area contributed by atoms with Gasteiger partial charge in [-0.25, -0.2) is 14.2 Å². The zero-order valence-electron chi connectivity index (χ0n) is 18.7. The van der Waals surface area contributed by atoms with Gasteiger partial charge in [-0.15, -0.1) is 0 Å². The Bertz CT molecular complexity index is 1330. The molecule has 0 aliphatic rings. The van der Waals surface area contributed by atoms with Gasteiger partial charge < -0.3 is 19.4 Å². The van der Waals surface area contributed by atoms with Gasteiger partial charge in [0.15, 0.2) is 0 Å². The summed E-state index contributed by atoms with van der Waals surface area (Å²) in [4.78, 5) is 19.7. The van der Waals surface area contributed by atoms with Gasteiger partial charge in [0.1, 0.15) is 18.2 Å². The van der Waals surface area contributed by atoms with E-state index < -0.39 is 19.9 Å². The Balaban J connectivity index is 1.92. The van der Waals surface area contributed by atoms with Crippen molar-refractivity contribution in [3.8, 4) is 22.5 Å². The first-order valence-electron chi connectivity index (χ1n) is 10.6. The Morgan fingerprint density at radius 1 is 1.24 bits per heavy atom. The average Bonchev–Trinajstić information content (AvgIpc) is 3.37. The van der Waals surface area contributed by atoms with Crippen molar-refractivity contribution in [3.05, 3.63) is 65.2 Å². The summed E-state index contributed by atoms with van der Waals surface area (Å²) in [5.41, 5.74) is 2.72. The third kappa shape index (κ3) is 4.73. The highest BCUT2D eigenvalue weighted by Gasteiger charge is 2.26. The number of aromatic carboxylic acids is 1. The number of nitrogens with one attached hydrogen (secondary N) is 1. The van der Waals surface area contributed by atoms with Crippen LogP contribution in [0.4, 0.5) is 4.39 Å². The summed E-state index contributed by atoms with van der Waals surface area (Å²) in [6.07, 6.45) is 3.44. The number of carbonyl (C=O) groups is 1. The number of hydrogen-bond donors (Lipinski definition) is 2. The molecular weight excluding hydrogens is 461 g/mol. The molecule has 0 amide bonds. The van der Waals surface area contributed by atoms with Crippen LogP contribution >= 0.6 is 11.6 Å². The molecule has 2 N–H and O–H groups in total. The number of aromatic nitrogens is 3. The fraction of sp³-hybridized carbons (Fsp3) is 0.250. The number of H-pyrrole nitrogens is 1. The molecule has 0 unspecified atom stereocenters. The van der Waals surface area contributed by atoms with Gasteiger partial charge in [0.05, 0.1) is 22.0 Å². The molecule has 6 nitrogen and oxygen atoms in total. The van der Waals surface area contributed by atoms with Crippen LogP contribution in [0, 0.1) is 5.82 Å². The number of hydrogen-bond acceptors (Lipinski definition) is 3. The summed E-state index contributed by atoms with van der Waals surface area (Å²) < 4.78 is 22.1. The van der Waals surface area contributed by atoms with E-state index in [1.807, 2.05) is 12.1 Å². The van der Waals surface area contributed by atoms with Crippen molar-refractivity contribution in [2.24, 2.45) is 0 Å². The van der Waals surface area contributed by atoms with E-state index in [9.17, 15) is 14.3 Å². The molecule has 0 radical (unpaired) electrons. The molecule has 33 heavy (non-hydrogen) atoms. The van der Waals surface area contributed by atoms with Gasteiger partial charge in [0.2, 0.25) is 0 Å². The molecule has 4 rings (SSSR count). The lowest BCUT2D eigenvalue weighted by molar-refractivity contribution is 0.0696. The highest BCUT2D eigenvalue weighted by molar-refractivity contribution is 6.76. The second kappa shape index (κ2) is 9.13. The van der Waals surface area contributed by atoms with Gasteiger partial charge in [0.25, 0.3) is 0 Å². The SMILES string of the molecule is C[Si](C)(C)CCOCn1c(-c2ccnc3[nH]ccc23)cc(C(=O)O)c1-c1cccc(F)c1Cl. The lowest BCUT2D eigenvalue weighted by Crippen LogP contribution is -2.22. The zero-order valence-corrected chi connectivity index (χ0v) is 20.4. The number of carboxylic acids is 1. The number of rotatable bonds is 8. The van der Waals surface area contributed by atoms with E-state index in [0.717, 1.165) is 17.0 Å². The minimum absolute atomic E-state index is 0.0202. The molecule has 0 saturated carbocycles. The maximum absolute atomic E-state index is 14.3. The highest BCUT2D eigenvalue weighted by Crippen LogP contribution is 2.39. The summed E-state index contributed by atoms with van der Waals surface area (Å²) in [6, 6.07) is 10.6. The van der Waals surface area contributed by atoms with Gasteiger partial charge in [0, 0.05) is 43.6 Å². The standard InChI is InChI=1S/C24H25ClFN3O3Si/c1-33(2,3)12-11-32-14-29-20(15-7-9-27-23-16(15)8-10-28-23)13-18(24(30)31)22(29)17-5-4-6-19(26)21(17)25/h4-10,13H,11-12,14H2,1-3H3,(H,27,28)(H,30,31). The molecule has 0 bridgehead atoms. The molecule has 0 spiro atoms. The summed E-state index contributed by atoms with van der Waals surface area (Å²) in [7, 11) is -1.32. The van der Waals surface area contributed by atoms with E-state index >= 15 is 0 Å². The maximum atomic E-state index is 14.3. The second-order valence-electron chi connectivity index (χ2n) is 9.07. The van der Waals surface area contributed by atoms with E-state index in [-0.39, 0.29) is 17.3 Å². The zero-order chi connectivity index (χ0) is 23.8. The number of aromatic amines is 1. The van der Waals surface area contributed by atoms with Crippen LogP contribution in [-0.2, 0) is 11.5 Å². The Morgan fingerprint density at radius 2 is 2.03 bits per heavy atom. The van der Waals surface area contributed by atoms with Crippen molar-refractivity contribution < 1.29 is 19.0 Å². The minimum Gasteiger partial charge on any atom is -0.478 e. The number of ether oxygens (including phenoxy) is 1. The number of fused-ring (bicyclic) bond motifs is 1. The molecule has 172 valence electrons. The molecule has 0 saturated heterocycles. The summed E-state index contributed by atoms with van der Waals surface area (Å²) >= 11 is 6.30. The van der Waals surface area contributed by atoms with Crippen LogP contribution in [0.15, 0.2) is 48.8 Å². The maximum Gasteiger partial charge on any atom is 0.337 e. The predicted octanol–water partition coefficient (Wildman–Crippen LogP) is 6.50. The fourth-order valence-electron chi connectivity index (χ4n) is 3.76. The molecule has 0 aliphatic carbocycles. The molecule has 4 aromatic rings. The van der Waals surface area contributed by atoms with Gasteiger partial charge in [-0.05, 0) is 30.3 Å². The van der Waals surface area contributed by atoms with Crippen LogP contribution in [0.2, 0.25) is 30.7 Å². The van der Waals surface area contributed by atoms with Crippen molar-refractivity contribution in [2.75, 3.05) is 6.61 Å². The topological polar surface area (TPSA) is 80.1 Å². The Hall–Kier alpha value is -2.94. The molecule has 9 heteroatoms. The number of pyridine rings is 1. The van der Waals surface area contributed by atoms with Crippen LogP contribution in [-0.4, -0.2) is 40.3 Å². The molecular formula is C24H25ClFN3O3Si. The van der Waals surface area contributed by atoms with Gasteiger partial charge >= 0.3 is 5.97 Å². The average molecular weight is 486 g/mol. The number of carboxylic acid groups (broad SMARTS) is 1. The van der Waals surface area contributed by atoms with Crippen LogP contribution in [0.1, 0.15) is 10.4 Å². The Morgan fingerprint density at radius 3 is 2.76 bits per heavy atom. The largest absolute Gasteiger partial charge is 0.478 e. The van der Waals surface area contributed by atoms with Gasteiger partial charge in [-0.1, -0.05) is 43.4 Å². The first-order valence-corrected chi connectivity index (χ1v) is 14.7. The molecule has 3 aromatic heterocycles. The Labute approximate surface area is 197 Å². The highest BCUT2D eigenvalue weighted by atomic mass is 35.5. The van der Waals surface area contributed by atoms with Crippen LogP contribution in [0.3, 0.4) is 0 Å². The van der Waals surface area contributed by atoms with E-state index in [1.54, 1.807) is 29.1 Å². The summed E-state index contributed by atoms with van der Waals surface area (Å²) in [6.45, 7) is 7.43. The molecule has 0 atom stereocenters. The van der Waals surface area contributed by atoms with Crippen molar-refractivity contribution >= 4 is 36.7 Å². The van der Waals surface area contributed by atoms with Crippen molar-refractivity contribution in [2.45, 2.75) is 32.4 Å².